The number of nitrogens with two attached hydrogens (primary N) is 1. The monoisotopic (exact) mass is 318 g/mol. The summed E-state index contributed by atoms with van der Waals surface area (Å²) in [4.78, 5) is 3.70. The lowest BCUT2D eigenvalue weighted by Gasteiger charge is -2.11. The van der Waals surface area contributed by atoms with Gasteiger partial charge in [-0.15, -0.1) is 10.2 Å². The lowest BCUT2D eigenvalue weighted by atomic mass is 10.4. The maximum Gasteiger partial charge on any atom is 0.242 e. The molecule has 5 N–H and O–H groups in total. The second-order valence-corrected chi connectivity index (χ2v) is 5.88. The summed E-state index contributed by atoms with van der Waals surface area (Å²) >= 11 is 5.83. The summed E-state index contributed by atoms with van der Waals surface area (Å²) in [5.74, 6) is 5.56. The molecule has 108 valence electrons. The van der Waals surface area contributed by atoms with E-state index < -0.39 is 16.1 Å². The summed E-state index contributed by atoms with van der Waals surface area (Å²) < 4.78 is 26.7. The van der Waals surface area contributed by atoms with Crippen LogP contribution < -0.4 is 16.0 Å². The van der Waals surface area contributed by atoms with Crippen molar-refractivity contribution in [3.05, 3.63) is 23.1 Å². The molecule has 0 saturated heterocycles. The summed E-state index contributed by atoms with van der Waals surface area (Å²) in [6.07, 6.45) is 1.13. The molecule has 12 heteroatoms. The summed E-state index contributed by atoms with van der Waals surface area (Å²) in [5.41, 5.74) is 2.25. The lowest BCUT2D eigenvalue weighted by Crippen LogP contribution is -2.28. The van der Waals surface area contributed by atoms with E-state index in [0.29, 0.717) is 0 Å². The summed E-state index contributed by atoms with van der Waals surface area (Å²) in [6.45, 7) is 1.58. The molecule has 0 fully saturated rings. The molecular formula is C8H11ClN8O2S. The van der Waals surface area contributed by atoms with Gasteiger partial charge in [0.1, 0.15) is 4.90 Å². The Morgan fingerprint density at radius 2 is 2.25 bits per heavy atom. The van der Waals surface area contributed by atoms with Crippen LogP contribution in [0.5, 0.6) is 0 Å². The maximum absolute atomic E-state index is 12.1. The van der Waals surface area contributed by atoms with Gasteiger partial charge in [-0.2, -0.15) is 5.21 Å². The quantitative estimate of drug-likeness (QED) is 0.428. The Hall–Kier alpha value is -1.82. The predicted octanol–water partition coefficient (Wildman–Crippen LogP) is -0.427. The zero-order chi connectivity index (χ0) is 14.8. The third kappa shape index (κ3) is 3.01. The molecule has 10 nitrogen and oxygen atoms in total. The van der Waals surface area contributed by atoms with Gasteiger partial charge in [-0.25, -0.2) is 24.0 Å². The number of pyridine rings is 1. The van der Waals surface area contributed by atoms with Crippen molar-refractivity contribution in [3.63, 3.8) is 0 Å². The molecular weight excluding hydrogens is 308 g/mol. The van der Waals surface area contributed by atoms with E-state index >= 15 is 0 Å². The number of aromatic nitrogens is 5. The zero-order valence-electron chi connectivity index (χ0n) is 10.2. The maximum atomic E-state index is 12.1. The van der Waals surface area contributed by atoms with Gasteiger partial charge >= 0.3 is 0 Å². The number of aromatic amines is 1. The average Bonchev–Trinajstić information content (AvgIpc) is 2.92. The van der Waals surface area contributed by atoms with Gasteiger partial charge in [-0.1, -0.05) is 16.8 Å². The van der Waals surface area contributed by atoms with E-state index in [1.165, 1.54) is 6.07 Å². The number of hydrogen-bond donors (Lipinski definition) is 4. The highest BCUT2D eigenvalue weighted by molar-refractivity contribution is 7.89. The van der Waals surface area contributed by atoms with Gasteiger partial charge in [0.15, 0.2) is 11.6 Å². The average molecular weight is 319 g/mol. The molecule has 0 aliphatic heterocycles. The smallest absolute Gasteiger partial charge is 0.242 e. The minimum atomic E-state index is -3.82. The first kappa shape index (κ1) is 14.6. The number of rotatable bonds is 5. The van der Waals surface area contributed by atoms with Crippen LogP contribution in [-0.2, 0) is 10.0 Å². The largest absolute Gasteiger partial charge is 0.307 e. The van der Waals surface area contributed by atoms with E-state index in [4.69, 9.17) is 17.4 Å². The van der Waals surface area contributed by atoms with Gasteiger partial charge in [-0.3, -0.25) is 0 Å². The van der Waals surface area contributed by atoms with Crippen molar-refractivity contribution in [1.82, 2.24) is 30.3 Å². The standard InChI is InChI=1S/C8H11ClN8O2S/c1-4(7-13-16-17-14-7)15-20(18,19)5-2-6(9)8(12-10)11-3-5/h2-4,15H,10H2,1H3,(H,11,12)(H,13,14,16,17). The molecule has 2 heterocycles. The van der Waals surface area contributed by atoms with Crippen molar-refractivity contribution < 1.29 is 8.42 Å². The molecule has 0 bridgehead atoms. The Balaban J connectivity index is 2.24. The minimum Gasteiger partial charge on any atom is -0.307 e. The van der Waals surface area contributed by atoms with E-state index in [1.54, 1.807) is 6.92 Å². The fourth-order valence-electron chi connectivity index (χ4n) is 1.38. The molecule has 20 heavy (non-hydrogen) atoms. The van der Waals surface area contributed by atoms with Crippen LogP contribution in [0.15, 0.2) is 17.2 Å². The van der Waals surface area contributed by atoms with Crippen LogP contribution in [0, 0.1) is 0 Å². The molecule has 2 aromatic heterocycles. The van der Waals surface area contributed by atoms with E-state index in [-0.39, 0.29) is 21.6 Å². The second-order valence-electron chi connectivity index (χ2n) is 3.76. The third-order valence-electron chi connectivity index (χ3n) is 2.34. The van der Waals surface area contributed by atoms with Gasteiger partial charge in [0.2, 0.25) is 10.0 Å². The molecule has 0 aliphatic rings. The van der Waals surface area contributed by atoms with E-state index in [1.807, 2.05) is 0 Å². The van der Waals surface area contributed by atoms with Crippen LogP contribution in [0.4, 0.5) is 5.82 Å². The number of hydrazine groups is 1. The summed E-state index contributed by atoms with van der Waals surface area (Å²) in [6, 6.07) is 0.569. The van der Waals surface area contributed by atoms with Gasteiger partial charge < -0.3 is 5.43 Å². The number of H-pyrrole nitrogens is 1. The minimum absolute atomic E-state index is 0.0857. The Kier molecular flexibility index (Phi) is 4.13. The fourth-order valence-corrected chi connectivity index (χ4v) is 2.84. The molecule has 0 saturated carbocycles. The Bertz CT molecular complexity index is 689. The highest BCUT2D eigenvalue weighted by Gasteiger charge is 2.22. The summed E-state index contributed by atoms with van der Waals surface area (Å²) in [7, 11) is -3.82. The molecule has 1 atom stereocenters. The topological polar surface area (TPSA) is 152 Å². The normalized spacial score (nSPS) is 13.2. The third-order valence-corrected chi connectivity index (χ3v) is 4.14. The lowest BCUT2D eigenvalue weighted by molar-refractivity contribution is 0.559. The van der Waals surface area contributed by atoms with Crippen LogP contribution in [0.25, 0.3) is 0 Å². The number of sulfonamides is 1. The van der Waals surface area contributed by atoms with Crippen LogP contribution in [0.1, 0.15) is 18.8 Å². The number of halogens is 1. The SMILES string of the molecule is CC(NS(=O)(=O)c1cnc(NN)c(Cl)c1)c1nn[nH]n1. The molecule has 0 radical (unpaired) electrons. The van der Waals surface area contributed by atoms with Crippen LogP contribution in [-0.4, -0.2) is 34.0 Å². The van der Waals surface area contributed by atoms with Crippen molar-refractivity contribution in [1.29, 1.82) is 0 Å². The van der Waals surface area contributed by atoms with E-state index in [0.717, 1.165) is 6.20 Å². The van der Waals surface area contributed by atoms with Crippen molar-refractivity contribution in [3.8, 4) is 0 Å². The molecule has 0 aromatic carbocycles. The van der Waals surface area contributed by atoms with Gasteiger partial charge in [0.25, 0.3) is 0 Å². The van der Waals surface area contributed by atoms with Crippen molar-refractivity contribution >= 4 is 27.4 Å². The molecule has 0 amide bonds. The number of nitrogens with zero attached hydrogens (tertiary/aromatic N) is 4. The van der Waals surface area contributed by atoms with Gasteiger partial charge in [-0.05, 0) is 13.0 Å². The van der Waals surface area contributed by atoms with E-state index in [2.05, 4.69) is 35.8 Å². The number of tetrazole rings is 1. The summed E-state index contributed by atoms with van der Waals surface area (Å²) in [5, 5.41) is 13.1. The highest BCUT2D eigenvalue weighted by atomic mass is 35.5. The van der Waals surface area contributed by atoms with Gasteiger partial charge in [0.05, 0.1) is 11.1 Å². The fraction of sp³-hybridized carbons (Fsp3) is 0.250. The molecule has 2 aromatic rings. The predicted molar refractivity (Wildman–Crippen MR) is 70.0 cm³/mol. The first-order valence-corrected chi connectivity index (χ1v) is 7.18. The van der Waals surface area contributed by atoms with Crippen molar-refractivity contribution in [2.24, 2.45) is 5.84 Å². The van der Waals surface area contributed by atoms with Crippen LogP contribution >= 0.6 is 11.6 Å². The van der Waals surface area contributed by atoms with Crippen molar-refractivity contribution in [2.45, 2.75) is 17.9 Å². The number of hydrogen-bond acceptors (Lipinski definition) is 8. The first-order chi connectivity index (χ1) is 9.44. The molecule has 1 unspecified atom stereocenters. The Morgan fingerprint density at radius 3 is 2.80 bits per heavy atom. The van der Waals surface area contributed by atoms with Crippen molar-refractivity contribution in [2.75, 3.05) is 5.43 Å². The molecule has 0 aliphatic carbocycles. The van der Waals surface area contributed by atoms with Crippen LogP contribution in [0.3, 0.4) is 0 Å². The van der Waals surface area contributed by atoms with Crippen LogP contribution in [0.2, 0.25) is 5.02 Å². The van der Waals surface area contributed by atoms with Gasteiger partial charge in [0, 0.05) is 6.20 Å². The Morgan fingerprint density at radius 1 is 1.50 bits per heavy atom. The molecule has 0 spiro atoms. The zero-order valence-corrected chi connectivity index (χ0v) is 11.8. The number of anilines is 1. The number of nitrogens with one attached hydrogen (secondary N) is 3. The van der Waals surface area contributed by atoms with E-state index in [9.17, 15) is 8.42 Å². The Labute approximate surface area is 119 Å². The molecule has 2 rings (SSSR count). The highest BCUT2D eigenvalue weighted by Crippen LogP contribution is 2.22. The first-order valence-electron chi connectivity index (χ1n) is 5.32. The second kappa shape index (κ2) is 5.66. The number of nitrogen functional groups attached to an aromatic ring is 1.